The van der Waals surface area contributed by atoms with Crippen molar-refractivity contribution in [2.45, 2.75) is 26.2 Å². The second-order valence-electron chi connectivity index (χ2n) is 8.05. The quantitative estimate of drug-likeness (QED) is 0.316. The van der Waals surface area contributed by atoms with Gasteiger partial charge in [0.1, 0.15) is 5.75 Å². The van der Waals surface area contributed by atoms with Gasteiger partial charge in [-0.05, 0) is 46.5 Å². The summed E-state index contributed by atoms with van der Waals surface area (Å²) in [5.41, 5.74) is 3.94. The Labute approximate surface area is 190 Å². The second-order valence-corrected chi connectivity index (χ2v) is 8.05. The molecule has 4 aromatic carbocycles. The van der Waals surface area contributed by atoms with Crippen molar-refractivity contribution in [3.63, 3.8) is 0 Å². The molecule has 3 heteroatoms. The van der Waals surface area contributed by atoms with Crippen LogP contribution in [-0.4, -0.2) is 19.6 Å². The van der Waals surface area contributed by atoms with E-state index in [1.54, 1.807) is 4.90 Å². The van der Waals surface area contributed by atoms with Gasteiger partial charge < -0.3 is 9.64 Å². The molecule has 4 rings (SSSR count). The molecule has 0 N–H and O–H groups in total. The Hall–Kier alpha value is -3.59. The zero-order valence-electron chi connectivity index (χ0n) is 18.8. The van der Waals surface area contributed by atoms with Crippen molar-refractivity contribution in [2.24, 2.45) is 0 Å². The Kier molecular flexibility index (Phi) is 6.86. The molecule has 1 amide bonds. The van der Waals surface area contributed by atoms with Crippen molar-refractivity contribution in [1.82, 2.24) is 0 Å². The highest BCUT2D eigenvalue weighted by Gasteiger charge is 2.15. The van der Waals surface area contributed by atoms with Gasteiger partial charge in [-0.1, -0.05) is 80.1 Å². The lowest BCUT2D eigenvalue weighted by molar-refractivity contribution is 0.0993. The number of hydrogen-bond donors (Lipinski definition) is 0. The third-order valence-corrected chi connectivity index (χ3v) is 5.74. The lowest BCUT2D eigenvalue weighted by Gasteiger charge is -2.20. The van der Waals surface area contributed by atoms with Crippen LogP contribution in [0.25, 0.3) is 10.8 Å². The molecule has 0 saturated heterocycles. The number of anilines is 1. The summed E-state index contributed by atoms with van der Waals surface area (Å²) in [6.07, 6.45) is 2.82. The Morgan fingerprint density at radius 2 is 1.56 bits per heavy atom. The molecule has 0 aliphatic rings. The average Bonchev–Trinajstić information content (AvgIpc) is 2.84. The Morgan fingerprint density at radius 1 is 0.812 bits per heavy atom. The highest BCUT2D eigenvalue weighted by Crippen LogP contribution is 2.28. The summed E-state index contributed by atoms with van der Waals surface area (Å²) in [7, 11) is 1.81. The first-order valence-corrected chi connectivity index (χ1v) is 11.2. The first-order chi connectivity index (χ1) is 15.7. The van der Waals surface area contributed by atoms with Gasteiger partial charge in [0.25, 0.3) is 5.91 Å². The highest BCUT2D eigenvalue weighted by atomic mass is 16.5. The van der Waals surface area contributed by atoms with Gasteiger partial charge in [0.15, 0.2) is 0 Å². The molecule has 0 spiro atoms. The van der Waals surface area contributed by atoms with Crippen LogP contribution in [0.5, 0.6) is 5.75 Å². The van der Waals surface area contributed by atoms with Crippen LogP contribution in [0.1, 0.15) is 34.8 Å². The van der Waals surface area contributed by atoms with Crippen LogP contribution in [-0.2, 0) is 12.8 Å². The van der Waals surface area contributed by atoms with E-state index in [1.165, 1.54) is 21.9 Å². The smallest absolute Gasteiger partial charge is 0.258 e. The van der Waals surface area contributed by atoms with Crippen molar-refractivity contribution in [1.29, 1.82) is 0 Å². The predicted molar refractivity (Wildman–Crippen MR) is 133 cm³/mol. The number of fused-ring (bicyclic) bond motifs is 1. The summed E-state index contributed by atoms with van der Waals surface area (Å²) in [6, 6.07) is 30.4. The van der Waals surface area contributed by atoms with E-state index in [1.807, 2.05) is 49.5 Å². The van der Waals surface area contributed by atoms with Crippen LogP contribution in [0.3, 0.4) is 0 Å². The SMILES string of the molecule is CCCc1ccc(N(C)C(=O)c2ccccc2)cc1OCCc1ccc2ccccc2c1. The Morgan fingerprint density at radius 3 is 2.34 bits per heavy atom. The van der Waals surface area contributed by atoms with Gasteiger partial charge in [0.2, 0.25) is 0 Å². The molecule has 0 atom stereocenters. The zero-order valence-corrected chi connectivity index (χ0v) is 18.8. The predicted octanol–water partition coefficient (Wildman–Crippen LogP) is 6.69. The molecule has 162 valence electrons. The largest absolute Gasteiger partial charge is 0.493 e. The maximum absolute atomic E-state index is 12.9. The molecule has 0 fully saturated rings. The van der Waals surface area contributed by atoms with E-state index in [-0.39, 0.29) is 5.91 Å². The minimum absolute atomic E-state index is 0.0315. The van der Waals surface area contributed by atoms with Gasteiger partial charge in [-0.2, -0.15) is 0 Å². The molecule has 0 bridgehead atoms. The van der Waals surface area contributed by atoms with Gasteiger partial charge >= 0.3 is 0 Å². The summed E-state index contributed by atoms with van der Waals surface area (Å²) < 4.78 is 6.24. The van der Waals surface area contributed by atoms with Crippen LogP contribution in [0.2, 0.25) is 0 Å². The molecule has 0 aliphatic heterocycles. The van der Waals surface area contributed by atoms with E-state index in [2.05, 4.69) is 55.5 Å². The highest BCUT2D eigenvalue weighted by molar-refractivity contribution is 6.05. The lowest BCUT2D eigenvalue weighted by atomic mass is 10.1. The number of hydrogen-bond acceptors (Lipinski definition) is 2. The van der Waals surface area contributed by atoms with E-state index in [4.69, 9.17) is 4.74 Å². The monoisotopic (exact) mass is 423 g/mol. The fraction of sp³-hybridized carbons (Fsp3) is 0.207. The van der Waals surface area contributed by atoms with E-state index in [9.17, 15) is 4.79 Å². The van der Waals surface area contributed by atoms with Crippen LogP contribution in [0, 0.1) is 0 Å². The first-order valence-electron chi connectivity index (χ1n) is 11.2. The van der Waals surface area contributed by atoms with Gasteiger partial charge in [0.05, 0.1) is 6.61 Å². The summed E-state index contributed by atoms with van der Waals surface area (Å²) in [6.45, 7) is 2.76. The fourth-order valence-electron chi connectivity index (χ4n) is 3.93. The third kappa shape index (κ3) is 5.00. The van der Waals surface area contributed by atoms with Crippen LogP contribution in [0.4, 0.5) is 5.69 Å². The average molecular weight is 424 g/mol. The molecule has 3 nitrogen and oxygen atoms in total. The molecule has 0 aromatic heterocycles. The van der Waals surface area contributed by atoms with Crippen molar-refractivity contribution in [3.05, 3.63) is 108 Å². The number of rotatable bonds is 8. The van der Waals surface area contributed by atoms with E-state index < -0.39 is 0 Å². The van der Waals surface area contributed by atoms with E-state index in [0.29, 0.717) is 12.2 Å². The summed E-state index contributed by atoms with van der Waals surface area (Å²) in [4.78, 5) is 14.5. The standard InChI is InChI=1S/C29H29NO2/c1-3-9-24-16-17-27(30(2)29(31)25-11-5-4-6-12-25)21-28(24)32-19-18-22-14-15-23-10-7-8-13-26(23)20-22/h4-8,10-17,20-21H,3,9,18-19H2,1-2H3. The van der Waals surface area contributed by atoms with Gasteiger partial charge in [-0.15, -0.1) is 0 Å². The number of nitrogens with zero attached hydrogens (tertiary/aromatic N) is 1. The third-order valence-electron chi connectivity index (χ3n) is 5.74. The fourth-order valence-corrected chi connectivity index (χ4v) is 3.93. The zero-order chi connectivity index (χ0) is 22.3. The van der Waals surface area contributed by atoms with E-state index in [0.717, 1.165) is 30.7 Å². The van der Waals surface area contributed by atoms with Crippen LogP contribution < -0.4 is 9.64 Å². The van der Waals surface area contributed by atoms with Gasteiger partial charge in [-0.25, -0.2) is 0 Å². The van der Waals surface area contributed by atoms with Crippen molar-refractivity contribution in [2.75, 3.05) is 18.6 Å². The molecule has 32 heavy (non-hydrogen) atoms. The van der Waals surface area contributed by atoms with Crippen LogP contribution >= 0.6 is 0 Å². The molecule has 4 aromatic rings. The van der Waals surface area contributed by atoms with Crippen molar-refractivity contribution >= 4 is 22.4 Å². The molecule has 0 saturated carbocycles. The number of amides is 1. The summed E-state index contributed by atoms with van der Waals surface area (Å²) >= 11 is 0. The Bertz CT molecular complexity index is 1200. The van der Waals surface area contributed by atoms with E-state index >= 15 is 0 Å². The molecular formula is C29H29NO2. The number of carbonyl (C=O) groups is 1. The number of aryl methyl sites for hydroxylation is 1. The lowest BCUT2D eigenvalue weighted by Crippen LogP contribution is -2.26. The molecule has 0 aliphatic carbocycles. The van der Waals surface area contributed by atoms with Crippen molar-refractivity contribution < 1.29 is 9.53 Å². The molecule has 0 unspecified atom stereocenters. The van der Waals surface area contributed by atoms with Gasteiger partial charge in [0, 0.05) is 30.8 Å². The normalized spacial score (nSPS) is 10.8. The maximum Gasteiger partial charge on any atom is 0.258 e. The number of ether oxygens (including phenoxy) is 1. The van der Waals surface area contributed by atoms with Crippen molar-refractivity contribution in [3.8, 4) is 5.75 Å². The molecule has 0 radical (unpaired) electrons. The molecule has 0 heterocycles. The summed E-state index contributed by atoms with van der Waals surface area (Å²) in [5.74, 6) is 0.828. The van der Waals surface area contributed by atoms with Crippen LogP contribution in [0.15, 0.2) is 91.0 Å². The Balaban J connectivity index is 1.49. The second kappa shape index (κ2) is 10.1. The maximum atomic E-state index is 12.9. The number of benzene rings is 4. The van der Waals surface area contributed by atoms with Gasteiger partial charge in [-0.3, -0.25) is 4.79 Å². The minimum Gasteiger partial charge on any atom is -0.493 e. The first kappa shape index (κ1) is 21.6. The molecular weight excluding hydrogens is 394 g/mol. The topological polar surface area (TPSA) is 29.5 Å². The summed E-state index contributed by atoms with van der Waals surface area (Å²) in [5, 5.41) is 2.50. The minimum atomic E-state index is -0.0315. The number of carbonyl (C=O) groups excluding carboxylic acids is 1.